The van der Waals surface area contributed by atoms with Crippen LogP contribution in [0.4, 0.5) is 0 Å². The summed E-state index contributed by atoms with van der Waals surface area (Å²) in [5.41, 5.74) is 17.2. The molecule has 0 spiro atoms. The Kier molecular flexibility index (Phi) is 10.1. The van der Waals surface area contributed by atoms with Gasteiger partial charge in [0.05, 0.1) is 16.4 Å². The van der Waals surface area contributed by atoms with Gasteiger partial charge in [-0.3, -0.25) is 0 Å². The van der Waals surface area contributed by atoms with Crippen molar-refractivity contribution in [2.45, 2.75) is 5.41 Å². The van der Waals surface area contributed by atoms with Crippen molar-refractivity contribution >= 4 is 43.4 Å². The Labute approximate surface area is 440 Å². The maximum Gasteiger partial charge on any atom is 0.164 e. The summed E-state index contributed by atoms with van der Waals surface area (Å²) in [6.07, 6.45) is 0. The van der Waals surface area contributed by atoms with E-state index in [1.807, 2.05) is 6.07 Å². The quantitative estimate of drug-likeness (QED) is 0.143. The first kappa shape index (κ1) is 43.5. The standard InChI is InChI=1S/C72H46N4/c1-5-21-47(22-6-1)49-37-40-63-62-34-18-20-36-67(62)76(68(63)46-49)56-42-52(64-44-50-25-13-14-30-57(50)58-31-15-16-32-59(58)64)41-53(43-56)71-74-69(48-23-7-2-8-24-48)73-70(75-71)51-38-39-61-60-33-17-19-35-65(60)72(66(61)45-51,54-26-9-3-10-27-54)55-28-11-4-12-29-55/h1-46H. The van der Waals surface area contributed by atoms with Crippen molar-refractivity contribution < 1.29 is 0 Å². The summed E-state index contributed by atoms with van der Waals surface area (Å²) in [4.78, 5) is 16.4. The molecular weight excluding hydrogens is 921 g/mol. The van der Waals surface area contributed by atoms with Gasteiger partial charge in [0.15, 0.2) is 17.5 Å². The zero-order chi connectivity index (χ0) is 50.2. The van der Waals surface area contributed by atoms with Crippen LogP contribution >= 0.6 is 0 Å². The van der Waals surface area contributed by atoms with Crippen LogP contribution in [0, 0.1) is 0 Å². The molecule has 76 heavy (non-hydrogen) atoms. The van der Waals surface area contributed by atoms with E-state index in [4.69, 9.17) is 15.0 Å². The lowest BCUT2D eigenvalue weighted by atomic mass is 9.67. The van der Waals surface area contributed by atoms with Crippen LogP contribution in [0.3, 0.4) is 0 Å². The van der Waals surface area contributed by atoms with Gasteiger partial charge in [0, 0.05) is 33.2 Å². The van der Waals surface area contributed by atoms with E-state index < -0.39 is 5.41 Å². The molecule has 0 unspecified atom stereocenters. The Balaban J connectivity index is 1.01. The molecule has 354 valence electrons. The molecule has 4 nitrogen and oxygen atoms in total. The van der Waals surface area contributed by atoms with Crippen LogP contribution in [0.2, 0.25) is 0 Å². The summed E-state index contributed by atoms with van der Waals surface area (Å²) in [5.74, 6) is 1.79. The van der Waals surface area contributed by atoms with Gasteiger partial charge < -0.3 is 4.57 Å². The zero-order valence-corrected chi connectivity index (χ0v) is 41.3. The summed E-state index contributed by atoms with van der Waals surface area (Å²) in [6, 6.07) is 101. The van der Waals surface area contributed by atoms with Gasteiger partial charge in [-0.15, -0.1) is 0 Å². The van der Waals surface area contributed by atoms with Gasteiger partial charge in [-0.1, -0.05) is 237 Å². The van der Waals surface area contributed by atoms with Gasteiger partial charge in [0.2, 0.25) is 0 Å². The topological polar surface area (TPSA) is 43.6 Å². The van der Waals surface area contributed by atoms with Crippen LogP contribution in [0.25, 0.3) is 117 Å². The summed E-state index contributed by atoms with van der Waals surface area (Å²) < 4.78 is 2.43. The first-order valence-electron chi connectivity index (χ1n) is 26.0. The number of aromatic nitrogens is 4. The lowest BCUT2D eigenvalue weighted by Crippen LogP contribution is -2.28. The number of rotatable bonds is 8. The normalized spacial score (nSPS) is 12.6. The van der Waals surface area contributed by atoms with E-state index >= 15 is 0 Å². The van der Waals surface area contributed by atoms with E-state index in [0.717, 1.165) is 50.1 Å². The van der Waals surface area contributed by atoms with E-state index in [-0.39, 0.29) is 0 Å². The molecule has 0 amide bonds. The lowest BCUT2D eigenvalue weighted by Gasteiger charge is -2.34. The number of para-hydroxylation sites is 1. The highest BCUT2D eigenvalue weighted by Crippen LogP contribution is 2.56. The average molecular weight is 967 g/mol. The largest absolute Gasteiger partial charge is 0.309 e. The molecule has 0 N–H and O–H groups in total. The molecule has 12 aromatic carbocycles. The minimum Gasteiger partial charge on any atom is -0.309 e. The van der Waals surface area contributed by atoms with Crippen LogP contribution < -0.4 is 0 Å². The van der Waals surface area contributed by atoms with E-state index in [9.17, 15) is 0 Å². The first-order chi connectivity index (χ1) is 37.7. The molecule has 2 heterocycles. The molecule has 0 bridgehead atoms. The van der Waals surface area contributed by atoms with Crippen molar-refractivity contribution in [3.63, 3.8) is 0 Å². The molecule has 0 saturated heterocycles. The Morgan fingerprint density at radius 1 is 0.263 bits per heavy atom. The molecule has 0 fully saturated rings. The second kappa shape index (κ2) is 17.6. The summed E-state index contributed by atoms with van der Waals surface area (Å²) in [6.45, 7) is 0. The third kappa shape index (κ3) is 6.88. The van der Waals surface area contributed by atoms with Crippen LogP contribution in [0.5, 0.6) is 0 Å². The summed E-state index contributed by atoms with van der Waals surface area (Å²) in [7, 11) is 0. The lowest BCUT2D eigenvalue weighted by molar-refractivity contribution is 0.768. The van der Waals surface area contributed by atoms with Gasteiger partial charge in [0.25, 0.3) is 0 Å². The van der Waals surface area contributed by atoms with Gasteiger partial charge in [-0.05, 0) is 120 Å². The fourth-order valence-electron chi connectivity index (χ4n) is 12.3. The van der Waals surface area contributed by atoms with E-state index in [1.54, 1.807) is 0 Å². The second-order valence-electron chi connectivity index (χ2n) is 19.9. The van der Waals surface area contributed by atoms with Crippen LogP contribution in [-0.2, 0) is 5.41 Å². The number of hydrogen-bond donors (Lipinski definition) is 0. The Morgan fingerprint density at radius 2 is 0.789 bits per heavy atom. The Morgan fingerprint density at radius 3 is 1.53 bits per heavy atom. The fourth-order valence-corrected chi connectivity index (χ4v) is 12.3. The number of hydrogen-bond acceptors (Lipinski definition) is 3. The average Bonchev–Trinajstić information content (AvgIpc) is 4.18. The summed E-state index contributed by atoms with van der Waals surface area (Å²) in [5, 5.41) is 7.18. The molecule has 4 heteroatoms. The third-order valence-electron chi connectivity index (χ3n) is 15.7. The maximum absolute atomic E-state index is 5.58. The van der Waals surface area contributed by atoms with Crippen molar-refractivity contribution in [2.75, 3.05) is 0 Å². The van der Waals surface area contributed by atoms with Crippen LogP contribution in [0.15, 0.2) is 279 Å². The SMILES string of the molecule is c1ccc(-c2ccc3c4ccccc4n(-c4cc(-c5nc(-c6ccccc6)nc(-c6ccc7c(c6)C(c6ccccc6)(c6ccccc6)c6ccccc6-7)n5)cc(-c5cc6ccccc6c6ccccc56)c4)c3c2)cc1. The van der Waals surface area contributed by atoms with Gasteiger partial charge >= 0.3 is 0 Å². The molecule has 0 atom stereocenters. The van der Waals surface area contributed by atoms with E-state index in [2.05, 4.69) is 278 Å². The molecule has 15 rings (SSSR count). The van der Waals surface area contributed by atoms with Crippen molar-refractivity contribution in [3.8, 4) is 73.2 Å². The smallest absolute Gasteiger partial charge is 0.164 e. The number of fused-ring (bicyclic) bond motifs is 9. The highest BCUT2D eigenvalue weighted by Gasteiger charge is 2.46. The molecule has 1 aliphatic rings. The highest BCUT2D eigenvalue weighted by molar-refractivity contribution is 6.14. The number of benzene rings is 12. The van der Waals surface area contributed by atoms with Gasteiger partial charge in [0.1, 0.15) is 0 Å². The summed E-state index contributed by atoms with van der Waals surface area (Å²) >= 11 is 0. The Hall–Kier alpha value is -10.0. The van der Waals surface area contributed by atoms with Gasteiger partial charge in [-0.2, -0.15) is 0 Å². The Bertz CT molecular complexity index is 4520. The molecule has 0 aliphatic heterocycles. The van der Waals surface area contributed by atoms with E-state index in [0.29, 0.717) is 17.5 Å². The number of nitrogens with zero attached hydrogens (tertiary/aromatic N) is 4. The second-order valence-corrected chi connectivity index (χ2v) is 19.9. The van der Waals surface area contributed by atoms with Gasteiger partial charge in [-0.25, -0.2) is 15.0 Å². The fraction of sp³-hybridized carbons (Fsp3) is 0.0139. The predicted molar refractivity (Wildman–Crippen MR) is 314 cm³/mol. The predicted octanol–water partition coefficient (Wildman–Crippen LogP) is 18.0. The molecule has 14 aromatic rings. The van der Waals surface area contributed by atoms with Crippen molar-refractivity contribution in [2.24, 2.45) is 0 Å². The van der Waals surface area contributed by atoms with Crippen molar-refractivity contribution in [3.05, 3.63) is 301 Å². The maximum atomic E-state index is 5.58. The highest BCUT2D eigenvalue weighted by atomic mass is 15.0. The molecular formula is C72H46N4. The molecule has 1 aliphatic carbocycles. The minimum absolute atomic E-state index is 0.586. The minimum atomic E-state index is -0.586. The van der Waals surface area contributed by atoms with Crippen molar-refractivity contribution in [1.29, 1.82) is 0 Å². The molecule has 2 aromatic heterocycles. The first-order valence-corrected chi connectivity index (χ1v) is 26.0. The van der Waals surface area contributed by atoms with Crippen LogP contribution in [-0.4, -0.2) is 19.5 Å². The third-order valence-corrected chi connectivity index (χ3v) is 15.7. The van der Waals surface area contributed by atoms with Crippen molar-refractivity contribution in [1.82, 2.24) is 19.5 Å². The molecule has 0 saturated carbocycles. The van der Waals surface area contributed by atoms with E-state index in [1.165, 1.54) is 71.3 Å². The molecule has 0 radical (unpaired) electrons. The monoisotopic (exact) mass is 966 g/mol. The van der Waals surface area contributed by atoms with Crippen LogP contribution in [0.1, 0.15) is 22.3 Å². The zero-order valence-electron chi connectivity index (χ0n) is 41.3.